The van der Waals surface area contributed by atoms with Crippen molar-refractivity contribution in [3.63, 3.8) is 0 Å². The lowest BCUT2D eigenvalue weighted by Crippen LogP contribution is -2.63. The highest BCUT2D eigenvalue weighted by Gasteiger charge is 2.86. The van der Waals surface area contributed by atoms with E-state index in [0.717, 1.165) is 17.7 Å². The summed E-state index contributed by atoms with van der Waals surface area (Å²) in [5, 5.41) is 1.71. The van der Waals surface area contributed by atoms with Gasteiger partial charge in [-0.3, -0.25) is 0 Å². The molecule has 1 heterocycles. The Balaban J connectivity index is 1.71. The average Bonchev–Trinajstić information content (AvgIpc) is 3.04. The molecule has 0 fully saturated rings. The summed E-state index contributed by atoms with van der Waals surface area (Å²) in [7, 11) is -6.05. The van der Waals surface area contributed by atoms with Gasteiger partial charge in [0.15, 0.2) is 5.75 Å². The normalized spacial score (nSPS) is 13.8. The van der Waals surface area contributed by atoms with Crippen LogP contribution in [0.5, 0.6) is 17.4 Å². The summed E-state index contributed by atoms with van der Waals surface area (Å²) < 4.78 is 164. The fourth-order valence-corrected chi connectivity index (χ4v) is 5.64. The highest BCUT2D eigenvalue weighted by atomic mass is 32.2. The molecule has 1 atom stereocenters. The maximum Gasteiger partial charge on any atom is 0.460 e. The first kappa shape index (κ1) is 34.5. The molecule has 0 bridgehead atoms. The smallest absolute Gasteiger partial charge is 0.460 e. The van der Waals surface area contributed by atoms with Crippen LogP contribution in [0.4, 0.5) is 39.5 Å². The number of rotatable bonds is 10. The van der Waals surface area contributed by atoms with Gasteiger partial charge in [0.05, 0.1) is 12.7 Å². The zero-order chi connectivity index (χ0) is 35.3. The molecule has 1 aromatic heterocycles. The van der Waals surface area contributed by atoms with E-state index in [1.807, 2.05) is 0 Å². The molecule has 0 saturated carbocycles. The molecule has 0 aliphatic carbocycles. The molecule has 0 N–H and O–H groups in total. The standard InChI is InChI=1S/C31H21F9N2O5S/c1-17(18-8-4-3-5-9-18)46-27-22-11-7-6-10-21(22)26(41-42-27)25-23-16-20(45-2)14-12-19(23)13-15-24(25)47-48(43,44)31(39,40)29(34,35)28(32,33)30(36,37)38/h3-17H,1-2H3/t17-/m1/s1. The third-order valence-corrected chi connectivity index (χ3v) is 8.55. The van der Waals surface area contributed by atoms with Crippen molar-refractivity contribution in [2.24, 2.45) is 0 Å². The van der Waals surface area contributed by atoms with Crippen molar-refractivity contribution in [1.29, 1.82) is 0 Å². The Morgan fingerprint density at radius 1 is 0.708 bits per heavy atom. The number of hydrogen-bond donors (Lipinski definition) is 0. The number of fused-ring (bicyclic) bond motifs is 2. The summed E-state index contributed by atoms with van der Waals surface area (Å²) in [6.07, 6.45) is -7.82. The third kappa shape index (κ3) is 5.69. The van der Waals surface area contributed by atoms with Crippen LogP contribution in [-0.4, -0.2) is 49.0 Å². The Hall–Kier alpha value is -4.80. The fraction of sp³-hybridized carbons (Fsp3) is 0.226. The van der Waals surface area contributed by atoms with Crippen molar-refractivity contribution in [2.45, 2.75) is 36.3 Å². The lowest BCUT2D eigenvalue weighted by molar-refractivity contribution is -0.382. The van der Waals surface area contributed by atoms with Crippen LogP contribution in [0, 0.1) is 0 Å². The second-order valence-corrected chi connectivity index (χ2v) is 11.9. The van der Waals surface area contributed by atoms with E-state index in [1.54, 1.807) is 43.3 Å². The molecule has 5 rings (SSSR count). The van der Waals surface area contributed by atoms with Gasteiger partial charge in [-0.2, -0.15) is 47.9 Å². The number of benzene rings is 4. The number of hydrogen-bond acceptors (Lipinski definition) is 7. The first-order chi connectivity index (χ1) is 22.3. The molecule has 0 amide bonds. The maximum atomic E-state index is 14.7. The minimum Gasteiger partial charge on any atom is -0.497 e. The van der Waals surface area contributed by atoms with Gasteiger partial charge in [0, 0.05) is 10.8 Å². The minimum atomic E-state index is -7.50. The summed E-state index contributed by atoms with van der Waals surface area (Å²) in [6, 6.07) is 20.9. The van der Waals surface area contributed by atoms with Crippen molar-refractivity contribution in [3.05, 3.63) is 90.5 Å². The molecule has 4 aromatic carbocycles. The van der Waals surface area contributed by atoms with Gasteiger partial charge in [0.25, 0.3) is 0 Å². The summed E-state index contributed by atoms with van der Waals surface area (Å²) in [6.45, 7) is 1.71. The lowest BCUT2D eigenvalue weighted by atomic mass is 9.97. The maximum absolute atomic E-state index is 14.7. The molecular weight excluding hydrogens is 683 g/mol. The van der Waals surface area contributed by atoms with Crippen LogP contribution < -0.4 is 13.7 Å². The monoisotopic (exact) mass is 704 g/mol. The van der Waals surface area contributed by atoms with Gasteiger partial charge in [0.2, 0.25) is 5.88 Å². The summed E-state index contributed by atoms with van der Waals surface area (Å²) >= 11 is 0. The van der Waals surface area contributed by atoms with Crippen LogP contribution in [-0.2, 0) is 10.1 Å². The highest BCUT2D eigenvalue weighted by Crippen LogP contribution is 2.55. The topological polar surface area (TPSA) is 87.6 Å². The summed E-state index contributed by atoms with van der Waals surface area (Å²) in [4.78, 5) is 0. The van der Waals surface area contributed by atoms with Crippen LogP contribution in [0.25, 0.3) is 32.8 Å². The first-order valence-corrected chi connectivity index (χ1v) is 15.0. The zero-order valence-electron chi connectivity index (χ0n) is 24.4. The molecule has 0 aliphatic heterocycles. The molecule has 48 heavy (non-hydrogen) atoms. The Bertz CT molecular complexity index is 2090. The SMILES string of the molecule is COc1ccc2ccc(OS(=O)(=O)C(F)(F)C(F)(F)C(F)(F)C(F)(F)F)c(-c3nnc(O[C@H](C)c4ccccc4)c4ccccc34)c2c1. The molecular formula is C31H21F9N2O5S. The quantitative estimate of drug-likeness (QED) is 0.106. The van der Waals surface area contributed by atoms with Gasteiger partial charge < -0.3 is 13.7 Å². The van der Waals surface area contributed by atoms with Gasteiger partial charge >= 0.3 is 33.4 Å². The number of aromatic nitrogens is 2. The molecule has 254 valence electrons. The van der Waals surface area contributed by atoms with E-state index >= 15 is 0 Å². The molecule has 7 nitrogen and oxygen atoms in total. The van der Waals surface area contributed by atoms with Gasteiger partial charge in [-0.1, -0.05) is 60.7 Å². The largest absolute Gasteiger partial charge is 0.497 e. The van der Waals surface area contributed by atoms with Crippen LogP contribution in [0.1, 0.15) is 18.6 Å². The van der Waals surface area contributed by atoms with Crippen molar-refractivity contribution in [1.82, 2.24) is 10.2 Å². The fourth-order valence-electron chi connectivity index (χ4n) is 4.72. The third-order valence-electron chi connectivity index (χ3n) is 7.27. The highest BCUT2D eigenvalue weighted by molar-refractivity contribution is 7.88. The second-order valence-electron chi connectivity index (χ2n) is 10.3. The van der Waals surface area contributed by atoms with Crippen molar-refractivity contribution >= 4 is 31.7 Å². The van der Waals surface area contributed by atoms with E-state index in [4.69, 9.17) is 9.47 Å². The average molecular weight is 705 g/mol. The molecule has 0 radical (unpaired) electrons. The Morgan fingerprint density at radius 3 is 1.94 bits per heavy atom. The second kappa shape index (κ2) is 12.0. The summed E-state index contributed by atoms with van der Waals surface area (Å²) in [5.41, 5.74) is -0.0172. The van der Waals surface area contributed by atoms with Crippen molar-refractivity contribution in [3.8, 4) is 28.6 Å². The van der Waals surface area contributed by atoms with Crippen LogP contribution in [0.15, 0.2) is 84.9 Å². The van der Waals surface area contributed by atoms with E-state index in [2.05, 4.69) is 14.4 Å². The number of nitrogens with zero attached hydrogens (tertiary/aromatic N) is 2. The van der Waals surface area contributed by atoms with Crippen LogP contribution >= 0.6 is 0 Å². The first-order valence-electron chi connectivity index (χ1n) is 13.6. The zero-order valence-corrected chi connectivity index (χ0v) is 25.2. The van der Waals surface area contributed by atoms with Crippen LogP contribution in [0.2, 0.25) is 0 Å². The molecule has 0 spiro atoms. The van der Waals surface area contributed by atoms with E-state index < -0.39 is 50.8 Å². The Morgan fingerprint density at radius 2 is 1.31 bits per heavy atom. The Labute approximate surface area is 266 Å². The molecule has 0 saturated heterocycles. The number of alkyl halides is 9. The minimum absolute atomic E-state index is 0.0285. The van der Waals surface area contributed by atoms with E-state index in [0.29, 0.717) is 0 Å². The predicted octanol–water partition coefficient (Wildman–Crippen LogP) is 8.73. The number of methoxy groups -OCH3 is 1. The number of halogens is 9. The molecule has 5 aromatic rings. The van der Waals surface area contributed by atoms with Crippen LogP contribution in [0.3, 0.4) is 0 Å². The van der Waals surface area contributed by atoms with Crippen molar-refractivity contribution in [2.75, 3.05) is 7.11 Å². The molecule has 17 heteroatoms. The van der Waals surface area contributed by atoms with E-state index in [-0.39, 0.29) is 38.9 Å². The number of ether oxygens (including phenoxy) is 2. The van der Waals surface area contributed by atoms with Gasteiger partial charge in [-0.15, -0.1) is 10.2 Å². The van der Waals surface area contributed by atoms with E-state index in [1.165, 1.54) is 43.5 Å². The molecule has 0 unspecified atom stereocenters. The van der Waals surface area contributed by atoms with Gasteiger partial charge in [0.1, 0.15) is 17.5 Å². The molecule has 0 aliphatic rings. The summed E-state index contributed by atoms with van der Waals surface area (Å²) in [5.74, 6) is -16.1. The van der Waals surface area contributed by atoms with E-state index in [9.17, 15) is 47.9 Å². The lowest BCUT2D eigenvalue weighted by Gasteiger charge is -2.32. The van der Waals surface area contributed by atoms with Crippen molar-refractivity contribution < 1.29 is 61.6 Å². The Kier molecular flexibility index (Phi) is 8.65. The van der Waals surface area contributed by atoms with Gasteiger partial charge in [-0.05, 0) is 47.5 Å². The van der Waals surface area contributed by atoms with Gasteiger partial charge in [-0.25, -0.2) is 0 Å². The predicted molar refractivity (Wildman–Crippen MR) is 155 cm³/mol.